The Bertz CT molecular complexity index is 1170. The number of piperazine rings is 1. The fraction of sp³-hybridized carbons (Fsp3) is 0.350. The van der Waals surface area contributed by atoms with Crippen LogP contribution in [0, 0.1) is 0 Å². The Balaban J connectivity index is 1.66. The van der Waals surface area contributed by atoms with Crippen LogP contribution in [0.1, 0.15) is 32.8 Å². The van der Waals surface area contributed by atoms with Crippen LogP contribution in [0.3, 0.4) is 0 Å². The quantitative estimate of drug-likeness (QED) is 0.634. The first-order valence-electron chi connectivity index (χ1n) is 9.71. The second-order valence-electron chi connectivity index (χ2n) is 7.46. The molecule has 3 heterocycles. The third-order valence-electron chi connectivity index (χ3n) is 5.20. The van der Waals surface area contributed by atoms with Gasteiger partial charge in [-0.15, -0.1) is 11.3 Å². The van der Waals surface area contributed by atoms with Crippen molar-refractivity contribution in [3.05, 3.63) is 52.6 Å². The van der Waals surface area contributed by atoms with Gasteiger partial charge in [0.1, 0.15) is 22.4 Å². The zero-order valence-corrected chi connectivity index (χ0v) is 17.8. The summed E-state index contributed by atoms with van der Waals surface area (Å²) in [6.45, 7) is 2.82. The number of hydrogen-bond acceptors (Lipinski definition) is 7. The minimum absolute atomic E-state index is 0.109. The molecule has 1 aliphatic heterocycles. The Morgan fingerprint density at radius 1 is 1.12 bits per heavy atom. The molecule has 0 aliphatic carbocycles. The van der Waals surface area contributed by atoms with Gasteiger partial charge in [0, 0.05) is 37.9 Å². The molecule has 4 rings (SSSR count). The molecule has 1 atom stereocenters. The van der Waals surface area contributed by atoms with Gasteiger partial charge in [0.2, 0.25) is 5.91 Å². The average molecular weight is 464 g/mol. The van der Waals surface area contributed by atoms with E-state index in [0.29, 0.717) is 28.9 Å². The molecule has 12 heteroatoms. The van der Waals surface area contributed by atoms with Crippen LogP contribution in [0.4, 0.5) is 13.2 Å². The third-order valence-corrected chi connectivity index (χ3v) is 6.28. The highest BCUT2D eigenvalue weighted by Gasteiger charge is 2.35. The lowest BCUT2D eigenvalue weighted by molar-refractivity contribution is -0.141. The number of nitrogens with zero attached hydrogens (tertiary/aromatic N) is 5. The van der Waals surface area contributed by atoms with Crippen molar-refractivity contribution in [2.75, 3.05) is 33.2 Å². The van der Waals surface area contributed by atoms with Crippen LogP contribution in [-0.4, -0.2) is 69.8 Å². The Hall–Kier alpha value is -3.12. The summed E-state index contributed by atoms with van der Waals surface area (Å²) in [6.07, 6.45) is -3.76. The predicted octanol–water partition coefficient (Wildman–Crippen LogP) is 2.11. The van der Waals surface area contributed by atoms with Crippen LogP contribution in [0.2, 0.25) is 0 Å². The van der Waals surface area contributed by atoms with Crippen molar-refractivity contribution >= 4 is 33.4 Å². The number of hydrogen-bond donors (Lipinski definition) is 1. The fourth-order valence-electron chi connectivity index (χ4n) is 3.42. The molecule has 32 heavy (non-hydrogen) atoms. The largest absolute Gasteiger partial charge is 0.433 e. The predicted molar refractivity (Wildman–Crippen MR) is 111 cm³/mol. The Morgan fingerprint density at radius 3 is 2.50 bits per heavy atom. The SMILES string of the molecule is CN1CCN(C(=O)c2ccc3nc(C(C(N)=O)c4nccc(C(F)(F)F)n4)sc3c2)CC1. The van der Waals surface area contributed by atoms with Crippen LogP contribution in [0.15, 0.2) is 30.5 Å². The maximum Gasteiger partial charge on any atom is 0.433 e. The second kappa shape index (κ2) is 8.43. The van der Waals surface area contributed by atoms with Gasteiger partial charge in [-0.1, -0.05) is 0 Å². The van der Waals surface area contributed by atoms with Gasteiger partial charge in [0.05, 0.1) is 10.2 Å². The van der Waals surface area contributed by atoms with Crippen molar-refractivity contribution < 1.29 is 22.8 Å². The summed E-state index contributed by atoms with van der Waals surface area (Å²) in [5, 5.41) is 0.163. The van der Waals surface area contributed by atoms with Crippen LogP contribution in [0.25, 0.3) is 10.2 Å². The summed E-state index contributed by atoms with van der Waals surface area (Å²) >= 11 is 1.07. The standard InChI is InChI=1S/C20H19F3N6O2S/c1-28-6-8-29(9-7-28)19(31)11-2-3-12-13(10-11)32-18(26-12)15(16(24)30)17-25-5-4-14(27-17)20(21,22)23/h2-5,10,15H,6-9H2,1H3,(H2,24,30). The molecule has 2 aromatic heterocycles. The van der Waals surface area contributed by atoms with E-state index in [1.165, 1.54) is 0 Å². The number of rotatable bonds is 4. The van der Waals surface area contributed by atoms with Crippen molar-refractivity contribution in [3.8, 4) is 0 Å². The molecular formula is C20H19F3N6O2S. The van der Waals surface area contributed by atoms with Gasteiger partial charge in [-0.05, 0) is 31.3 Å². The summed E-state index contributed by atoms with van der Waals surface area (Å²) in [6, 6.07) is 5.68. The number of halogens is 3. The second-order valence-corrected chi connectivity index (χ2v) is 8.53. The van der Waals surface area contributed by atoms with E-state index in [9.17, 15) is 22.8 Å². The number of primary amides is 1. The molecule has 1 aromatic carbocycles. The first kappa shape index (κ1) is 22.1. The minimum Gasteiger partial charge on any atom is -0.369 e. The third kappa shape index (κ3) is 4.41. The maximum atomic E-state index is 13.0. The fourth-order valence-corrected chi connectivity index (χ4v) is 4.53. The lowest BCUT2D eigenvalue weighted by Gasteiger charge is -2.32. The zero-order chi connectivity index (χ0) is 23.0. The molecule has 2 amide bonds. The summed E-state index contributed by atoms with van der Waals surface area (Å²) < 4.78 is 39.7. The smallest absolute Gasteiger partial charge is 0.369 e. The van der Waals surface area contributed by atoms with E-state index in [1.807, 2.05) is 7.05 Å². The number of alkyl halides is 3. The molecule has 0 spiro atoms. The molecule has 3 aromatic rings. The topological polar surface area (TPSA) is 105 Å². The van der Waals surface area contributed by atoms with Crippen LogP contribution in [-0.2, 0) is 11.0 Å². The number of fused-ring (bicyclic) bond motifs is 1. The molecular weight excluding hydrogens is 445 g/mol. The van der Waals surface area contributed by atoms with Gasteiger partial charge in [-0.3, -0.25) is 9.59 Å². The van der Waals surface area contributed by atoms with Crippen LogP contribution in [0.5, 0.6) is 0 Å². The molecule has 8 nitrogen and oxygen atoms in total. The maximum absolute atomic E-state index is 13.0. The van der Waals surface area contributed by atoms with Crippen molar-refractivity contribution in [3.63, 3.8) is 0 Å². The number of likely N-dealkylation sites (N-methyl/N-ethyl adjacent to an activating group) is 1. The van der Waals surface area contributed by atoms with E-state index in [1.54, 1.807) is 23.1 Å². The Morgan fingerprint density at radius 2 is 1.84 bits per heavy atom. The normalized spacial score (nSPS) is 16.3. The highest BCUT2D eigenvalue weighted by atomic mass is 32.1. The molecule has 1 fully saturated rings. The first-order valence-corrected chi connectivity index (χ1v) is 10.5. The highest BCUT2D eigenvalue weighted by Crippen LogP contribution is 2.33. The molecule has 0 bridgehead atoms. The average Bonchev–Trinajstić information content (AvgIpc) is 3.15. The van der Waals surface area contributed by atoms with Crippen molar-refractivity contribution in [1.82, 2.24) is 24.8 Å². The number of carbonyl (C=O) groups is 2. The number of nitrogens with two attached hydrogens (primary N) is 1. The van der Waals surface area contributed by atoms with Gasteiger partial charge < -0.3 is 15.5 Å². The summed E-state index contributed by atoms with van der Waals surface area (Å²) in [4.78, 5) is 40.5. The minimum atomic E-state index is -4.69. The van der Waals surface area contributed by atoms with Gasteiger partial charge in [-0.25, -0.2) is 15.0 Å². The molecule has 0 radical (unpaired) electrons. The zero-order valence-electron chi connectivity index (χ0n) is 17.0. The van der Waals surface area contributed by atoms with Crippen LogP contribution >= 0.6 is 11.3 Å². The molecule has 168 valence electrons. The van der Waals surface area contributed by atoms with Gasteiger partial charge >= 0.3 is 6.18 Å². The lowest BCUT2D eigenvalue weighted by Crippen LogP contribution is -2.47. The number of amides is 2. The van der Waals surface area contributed by atoms with E-state index >= 15 is 0 Å². The monoisotopic (exact) mass is 464 g/mol. The molecule has 1 unspecified atom stereocenters. The van der Waals surface area contributed by atoms with Gasteiger partial charge in [0.15, 0.2) is 0 Å². The van der Waals surface area contributed by atoms with E-state index in [-0.39, 0.29) is 16.7 Å². The van der Waals surface area contributed by atoms with E-state index in [4.69, 9.17) is 5.73 Å². The van der Waals surface area contributed by atoms with E-state index in [0.717, 1.165) is 36.7 Å². The summed E-state index contributed by atoms with van der Waals surface area (Å²) in [5.74, 6) is -2.74. The number of aromatic nitrogens is 3. The van der Waals surface area contributed by atoms with E-state index in [2.05, 4.69) is 19.9 Å². The van der Waals surface area contributed by atoms with Crippen LogP contribution < -0.4 is 5.73 Å². The van der Waals surface area contributed by atoms with E-state index < -0.39 is 23.7 Å². The number of benzene rings is 1. The highest BCUT2D eigenvalue weighted by molar-refractivity contribution is 7.18. The molecule has 0 saturated carbocycles. The molecule has 1 aliphatic rings. The number of carbonyl (C=O) groups excluding carboxylic acids is 2. The lowest BCUT2D eigenvalue weighted by atomic mass is 10.1. The summed E-state index contributed by atoms with van der Waals surface area (Å²) in [5.41, 5.74) is 5.27. The Kier molecular flexibility index (Phi) is 5.82. The molecule has 1 saturated heterocycles. The summed E-state index contributed by atoms with van der Waals surface area (Å²) in [7, 11) is 2.00. The van der Waals surface area contributed by atoms with Crippen molar-refractivity contribution in [2.24, 2.45) is 5.73 Å². The van der Waals surface area contributed by atoms with Crippen molar-refractivity contribution in [2.45, 2.75) is 12.1 Å². The van der Waals surface area contributed by atoms with Crippen molar-refractivity contribution in [1.29, 1.82) is 0 Å². The number of thiazole rings is 1. The Labute approximate surface area is 184 Å². The van der Waals surface area contributed by atoms with Gasteiger partial charge in [-0.2, -0.15) is 13.2 Å². The molecule has 2 N–H and O–H groups in total. The van der Waals surface area contributed by atoms with Gasteiger partial charge in [0.25, 0.3) is 5.91 Å². The first-order chi connectivity index (χ1) is 15.1.